The highest BCUT2D eigenvalue weighted by Crippen LogP contribution is 2.42. The molecule has 10 heteroatoms. The molecule has 37 heavy (non-hydrogen) atoms. The van der Waals surface area contributed by atoms with Gasteiger partial charge in [-0.15, -0.1) is 0 Å². The third-order valence-electron chi connectivity index (χ3n) is 6.49. The van der Waals surface area contributed by atoms with Crippen molar-refractivity contribution in [1.82, 2.24) is 29.3 Å². The second-order valence-corrected chi connectivity index (χ2v) is 9.16. The van der Waals surface area contributed by atoms with E-state index in [4.69, 9.17) is 11.6 Å². The zero-order chi connectivity index (χ0) is 25.1. The Hall–Kier alpha value is -4.76. The number of pyridine rings is 2. The summed E-state index contributed by atoms with van der Waals surface area (Å²) in [4.78, 5) is 22.1. The summed E-state index contributed by atoms with van der Waals surface area (Å²) in [5.74, 6) is -0.113. The van der Waals surface area contributed by atoms with E-state index in [9.17, 15) is 9.18 Å². The third kappa shape index (κ3) is 3.59. The van der Waals surface area contributed by atoms with E-state index in [2.05, 4.69) is 25.7 Å². The zero-order valence-corrected chi connectivity index (χ0v) is 19.8. The summed E-state index contributed by atoms with van der Waals surface area (Å²) in [7, 11) is 0. The van der Waals surface area contributed by atoms with Crippen LogP contribution in [0, 0.1) is 5.82 Å². The molecule has 1 atom stereocenters. The molecule has 7 rings (SSSR count). The van der Waals surface area contributed by atoms with Crippen LogP contribution >= 0.6 is 11.6 Å². The number of hydrogen-bond donors (Lipinski definition) is 2. The Balaban J connectivity index is 1.42. The topological polar surface area (TPSA) is 88.6 Å². The molecule has 0 saturated heterocycles. The van der Waals surface area contributed by atoms with Gasteiger partial charge in [0.2, 0.25) is 0 Å². The first-order valence-electron chi connectivity index (χ1n) is 11.5. The Morgan fingerprint density at radius 2 is 1.92 bits per heavy atom. The van der Waals surface area contributed by atoms with Gasteiger partial charge in [-0.25, -0.2) is 18.9 Å². The Bertz CT molecular complexity index is 1830. The zero-order valence-electron chi connectivity index (χ0n) is 19.1. The van der Waals surface area contributed by atoms with E-state index in [0.717, 1.165) is 16.8 Å². The molecule has 1 aliphatic heterocycles. The van der Waals surface area contributed by atoms with E-state index in [1.54, 1.807) is 4.52 Å². The Kier molecular flexibility index (Phi) is 4.73. The molecule has 0 saturated carbocycles. The highest BCUT2D eigenvalue weighted by atomic mass is 35.5. The summed E-state index contributed by atoms with van der Waals surface area (Å²) in [6, 6.07) is 16.8. The van der Waals surface area contributed by atoms with Crippen LogP contribution in [0.15, 0.2) is 85.6 Å². The summed E-state index contributed by atoms with van der Waals surface area (Å²) in [5, 5.41) is 11.0. The molecule has 1 aliphatic rings. The fourth-order valence-corrected chi connectivity index (χ4v) is 5.02. The molecule has 0 spiro atoms. The maximum Gasteiger partial charge on any atom is 0.252 e. The lowest BCUT2D eigenvalue weighted by atomic mass is 9.93. The van der Waals surface area contributed by atoms with E-state index in [0.29, 0.717) is 38.9 Å². The number of rotatable bonds is 4. The van der Waals surface area contributed by atoms with Gasteiger partial charge in [0.15, 0.2) is 5.65 Å². The number of nitrogens with zero attached hydrogens (tertiary/aromatic N) is 5. The summed E-state index contributed by atoms with van der Waals surface area (Å²) < 4.78 is 17.8. The van der Waals surface area contributed by atoms with Gasteiger partial charge < -0.3 is 15.0 Å². The van der Waals surface area contributed by atoms with Crippen LogP contribution in [0.25, 0.3) is 22.4 Å². The van der Waals surface area contributed by atoms with Crippen LogP contribution in [0.3, 0.4) is 0 Å². The minimum atomic E-state index is -0.642. The highest BCUT2D eigenvalue weighted by Gasteiger charge is 2.34. The van der Waals surface area contributed by atoms with Crippen molar-refractivity contribution in [3.63, 3.8) is 0 Å². The molecule has 5 heterocycles. The van der Waals surface area contributed by atoms with E-state index < -0.39 is 11.9 Å². The molecule has 2 aromatic carbocycles. The number of halogens is 2. The van der Waals surface area contributed by atoms with Crippen LogP contribution in [0.5, 0.6) is 0 Å². The van der Waals surface area contributed by atoms with Gasteiger partial charge in [0, 0.05) is 45.4 Å². The maximum atomic E-state index is 14.2. The first kappa shape index (κ1) is 21.5. The lowest BCUT2D eigenvalue weighted by molar-refractivity contribution is 0.0960. The Morgan fingerprint density at radius 3 is 2.81 bits per heavy atom. The van der Waals surface area contributed by atoms with Gasteiger partial charge in [-0.3, -0.25) is 4.79 Å². The molecule has 8 nitrogen and oxygen atoms in total. The first-order valence-corrected chi connectivity index (χ1v) is 11.9. The minimum absolute atomic E-state index is 0.276. The number of anilines is 2. The summed E-state index contributed by atoms with van der Waals surface area (Å²) in [6.07, 6.45) is 7.11. The van der Waals surface area contributed by atoms with Crippen molar-refractivity contribution >= 4 is 40.3 Å². The number of benzene rings is 2. The van der Waals surface area contributed by atoms with Gasteiger partial charge >= 0.3 is 0 Å². The monoisotopic (exact) mass is 509 g/mol. The second kappa shape index (κ2) is 8.14. The molecule has 1 unspecified atom stereocenters. The molecule has 0 fully saturated rings. The molecule has 1 amide bonds. The number of carbonyl (C=O) groups is 1. The van der Waals surface area contributed by atoms with Gasteiger partial charge in [0.25, 0.3) is 5.91 Å². The number of aromatic nitrogens is 5. The van der Waals surface area contributed by atoms with E-state index in [1.807, 2.05) is 65.5 Å². The average Bonchev–Trinajstić information content (AvgIpc) is 3.62. The van der Waals surface area contributed by atoms with Crippen LogP contribution in [0.4, 0.5) is 15.9 Å². The Labute approximate surface area is 214 Å². The fourth-order valence-electron chi connectivity index (χ4n) is 4.79. The Morgan fingerprint density at radius 1 is 1.00 bits per heavy atom. The van der Waals surface area contributed by atoms with Gasteiger partial charge in [-0.05, 0) is 60.2 Å². The summed E-state index contributed by atoms with van der Waals surface area (Å²) in [6.45, 7) is 0. The van der Waals surface area contributed by atoms with Crippen LogP contribution < -0.4 is 10.6 Å². The predicted octanol–water partition coefficient (Wildman–Crippen LogP) is 5.41. The quantitative estimate of drug-likeness (QED) is 0.331. The number of carbonyl (C=O) groups excluding carboxylic acids is 1. The largest absolute Gasteiger partial charge is 0.341 e. The van der Waals surface area contributed by atoms with Crippen molar-refractivity contribution in [2.75, 3.05) is 5.32 Å². The van der Waals surface area contributed by atoms with E-state index in [-0.39, 0.29) is 5.91 Å². The molecule has 2 N–H and O–H groups in total. The fraction of sp³-hybridized carbons (Fsp3) is 0.0370. The average molecular weight is 510 g/mol. The van der Waals surface area contributed by atoms with Gasteiger partial charge in [0.1, 0.15) is 23.6 Å². The molecule has 0 aliphatic carbocycles. The smallest absolute Gasteiger partial charge is 0.252 e. The normalized spacial score (nSPS) is 14.8. The lowest BCUT2D eigenvalue weighted by Crippen LogP contribution is -2.20. The van der Waals surface area contributed by atoms with Crippen molar-refractivity contribution in [3.05, 3.63) is 113 Å². The van der Waals surface area contributed by atoms with Crippen LogP contribution in [-0.4, -0.2) is 29.9 Å². The molecule has 0 bridgehead atoms. The van der Waals surface area contributed by atoms with Crippen LogP contribution in [0.2, 0.25) is 5.02 Å². The van der Waals surface area contributed by atoms with Crippen molar-refractivity contribution in [1.29, 1.82) is 0 Å². The number of imidazole rings is 1. The van der Waals surface area contributed by atoms with Gasteiger partial charge in [-0.2, -0.15) is 5.10 Å². The van der Waals surface area contributed by atoms with E-state index in [1.165, 1.54) is 24.5 Å². The molecular weight excluding hydrogens is 493 g/mol. The van der Waals surface area contributed by atoms with Crippen molar-refractivity contribution in [2.24, 2.45) is 0 Å². The highest BCUT2D eigenvalue weighted by molar-refractivity contribution is 6.31. The maximum absolute atomic E-state index is 14.2. The van der Waals surface area contributed by atoms with Crippen LogP contribution in [-0.2, 0) is 0 Å². The number of amides is 1. The molecular formula is C27H17ClFN7O. The van der Waals surface area contributed by atoms with Crippen molar-refractivity contribution in [3.8, 4) is 11.1 Å². The van der Waals surface area contributed by atoms with E-state index >= 15 is 0 Å². The van der Waals surface area contributed by atoms with Gasteiger partial charge in [-0.1, -0.05) is 17.7 Å². The van der Waals surface area contributed by atoms with Crippen molar-refractivity contribution in [2.45, 2.75) is 6.04 Å². The second-order valence-electron chi connectivity index (χ2n) is 8.76. The standard InChI is InChI=1S/C27H17ClFN7O/c28-20-6-5-17(29)11-18(20)26-25-19(27(37)34-26)9-16(15-4-7-23-30-14-31-36(23)12-15)10-21(25)32-22-13-35-8-2-1-3-24(35)33-22/h1-14,26,32H,(H,34,37). The number of hydrogen-bond acceptors (Lipinski definition) is 5. The molecule has 4 aromatic heterocycles. The molecule has 180 valence electrons. The van der Waals surface area contributed by atoms with Gasteiger partial charge in [0.05, 0.1) is 12.2 Å². The number of nitrogens with one attached hydrogen (secondary N) is 2. The molecule has 0 radical (unpaired) electrons. The van der Waals surface area contributed by atoms with Crippen molar-refractivity contribution < 1.29 is 9.18 Å². The third-order valence-corrected chi connectivity index (χ3v) is 6.84. The SMILES string of the molecule is O=C1NC(c2cc(F)ccc2Cl)c2c(Nc3cn4ccccc4n3)cc(-c3ccc4ncnn4c3)cc21. The summed E-state index contributed by atoms with van der Waals surface area (Å²) >= 11 is 6.46. The summed E-state index contributed by atoms with van der Waals surface area (Å²) in [5.41, 5.74) is 5.39. The number of fused-ring (bicyclic) bond motifs is 3. The first-order chi connectivity index (χ1) is 18.0. The predicted molar refractivity (Wildman–Crippen MR) is 138 cm³/mol. The minimum Gasteiger partial charge on any atom is -0.341 e. The molecule has 6 aromatic rings. The van der Waals surface area contributed by atoms with Crippen LogP contribution in [0.1, 0.15) is 27.5 Å². The lowest BCUT2D eigenvalue weighted by Gasteiger charge is -2.19.